The number of anilines is 1. The van der Waals surface area contributed by atoms with Gasteiger partial charge in [-0.25, -0.2) is 4.98 Å². The summed E-state index contributed by atoms with van der Waals surface area (Å²) in [6, 6.07) is 4.05. The Hall–Kier alpha value is -1.66. The van der Waals surface area contributed by atoms with Crippen LogP contribution in [0, 0.1) is 5.92 Å². The van der Waals surface area contributed by atoms with Crippen LogP contribution in [0.1, 0.15) is 45.1 Å². The van der Waals surface area contributed by atoms with Crippen molar-refractivity contribution >= 4 is 11.7 Å². The molecule has 3 rings (SSSR count). The Morgan fingerprint density at radius 1 is 1.48 bits per heavy atom. The van der Waals surface area contributed by atoms with E-state index in [0.29, 0.717) is 6.54 Å². The van der Waals surface area contributed by atoms with Gasteiger partial charge in [0.2, 0.25) is 5.91 Å². The number of nitrogens with zero attached hydrogens (tertiary/aromatic N) is 2. The summed E-state index contributed by atoms with van der Waals surface area (Å²) in [6.07, 6.45) is 6.07. The zero-order chi connectivity index (χ0) is 17.9. The molecule has 0 bridgehead atoms. The van der Waals surface area contributed by atoms with E-state index in [1.165, 1.54) is 0 Å². The second kappa shape index (κ2) is 7.70. The standard InChI is InChI=1S/C19H30N4O2/c1-14-13-23(9-10-25-14)17-7-6-15(11-21-17)12-22-18(24)16-5-3-4-8-19(16,2)20/h6-7,11,14,16H,3-5,8-10,12-13,20H2,1-2H3,(H,22,24). The maximum absolute atomic E-state index is 12.5. The predicted molar refractivity (Wildman–Crippen MR) is 98.3 cm³/mol. The van der Waals surface area contributed by atoms with Crippen molar-refractivity contribution in [3.05, 3.63) is 23.9 Å². The molecule has 2 aliphatic rings. The molecule has 138 valence electrons. The van der Waals surface area contributed by atoms with E-state index in [9.17, 15) is 4.79 Å². The van der Waals surface area contributed by atoms with Crippen molar-refractivity contribution < 1.29 is 9.53 Å². The number of ether oxygens (including phenoxy) is 1. The fraction of sp³-hybridized carbons (Fsp3) is 0.684. The van der Waals surface area contributed by atoms with Crippen molar-refractivity contribution in [2.24, 2.45) is 11.7 Å². The molecule has 3 N–H and O–H groups in total. The highest BCUT2D eigenvalue weighted by Gasteiger charge is 2.37. The molecule has 1 aromatic heterocycles. The minimum atomic E-state index is -0.391. The average Bonchev–Trinajstić information content (AvgIpc) is 2.60. The van der Waals surface area contributed by atoms with Gasteiger partial charge in [-0.1, -0.05) is 18.9 Å². The van der Waals surface area contributed by atoms with Crippen LogP contribution in [0.15, 0.2) is 18.3 Å². The zero-order valence-electron chi connectivity index (χ0n) is 15.3. The van der Waals surface area contributed by atoms with Gasteiger partial charge in [0, 0.05) is 31.4 Å². The van der Waals surface area contributed by atoms with Crippen molar-refractivity contribution in [2.45, 2.75) is 57.7 Å². The molecule has 3 unspecified atom stereocenters. The molecule has 25 heavy (non-hydrogen) atoms. The van der Waals surface area contributed by atoms with Crippen molar-refractivity contribution in [3.8, 4) is 0 Å². The number of rotatable bonds is 4. The normalized spacial score (nSPS) is 30.1. The van der Waals surface area contributed by atoms with Crippen LogP contribution in [0.2, 0.25) is 0 Å². The average molecular weight is 346 g/mol. The van der Waals surface area contributed by atoms with Crippen LogP contribution in [0.5, 0.6) is 0 Å². The topological polar surface area (TPSA) is 80.5 Å². The third kappa shape index (κ3) is 4.50. The summed E-state index contributed by atoms with van der Waals surface area (Å²) >= 11 is 0. The van der Waals surface area contributed by atoms with E-state index in [1.54, 1.807) is 0 Å². The molecule has 0 spiro atoms. The van der Waals surface area contributed by atoms with Crippen LogP contribution in [0.4, 0.5) is 5.82 Å². The number of hydrogen-bond donors (Lipinski definition) is 2. The molecule has 0 aromatic carbocycles. The van der Waals surface area contributed by atoms with Crippen molar-refractivity contribution in [1.29, 1.82) is 0 Å². The fourth-order valence-corrected chi connectivity index (χ4v) is 3.84. The number of pyridine rings is 1. The quantitative estimate of drug-likeness (QED) is 0.869. The molecule has 1 aromatic rings. The summed E-state index contributed by atoms with van der Waals surface area (Å²) in [5.41, 5.74) is 6.93. The fourth-order valence-electron chi connectivity index (χ4n) is 3.84. The highest BCUT2D eigenvalue weighted by molar-refractivity contribution is 5.80. The molecular formula is C19H30N4O2. The molecule has 1 aliphatic carbocycles. The van der Waals surface area contributed by atoms with Gasteiger partial charge in [0.05, 0.1) is 18.6 Å². The minimum Gasteiger partial charge on any atom is -0.375 e. The summed E-state index contributed by atoms with van der Waals surface area (Å²) in [5.74, 6) is 0.936. The first-order valence-corrected chi connectivity index (χ1v) is 9.34. The largest absolute Gasteiger partial charge is 0.375 e. The van der Waals surface area contributed by atoms with Gasteiger partial charge in [0.1, 0.15) is 5.82 Å². The van der Waals surface area contributed by atoms with Crippen LogP contribution < -0.4 is 16.0 Å². The predicted octanol–water partition coefficient (Wildman–Crippen LogP) is 1.83. The smallest absolute Gasteiger partial charge is 0.225 e. The lowest BCUT2D eigenvalue weighted by Gasteiger charge is -2.37. The maximum atomic E-state index is 12.5. The van der Waals surface area contributed by atoms with E-state index >= 15 is 0 Å². The van der Waals surface area contributed by atoms with E-state index in [0.717, 1.165) is 56.8 Å². The van der Waals surface area contributed by atoms with E-state index in [2.05, 4.69) is 22.1 Å². The maximum Gasteiger partial charge on any atom is 0.225 e. The second-order valence-corrected chi connectivity index (χ2v) is 7.67. The Bertz CT molecular complexity index is 588. The van der Waals surface area contributed by atoms with Crippen LogP contribution >= 0.6 is 0 Å². The Balaban J connectivity index is 1.54. The molecule has 1 saturated carbocycles. The molecule has 1 saturated heterocycles. The monoisotopic (exact) mass is 346 g/mol. The van der Waals surface area contributed by atoms with Gasteiger partial charge in [0.15, 0.2) is 0 Å². The van der Waals surface area contributed by atoms with Gasteiger partial charge in [-0.2, -0.15) is 0 Å². The van der Waals surface area contributed by atoms with E-state index < -0.39 is 5.54 Å². The Labute approximate surface area is 150 Å². The molecule has 6 heteroatoms. The summed E-state index contributed by atoms with van der Waals surface area (Å²) in [7, 11) is 0. The molecule has 1 amide bonds. The van der Waals surface area contributed by atoms with Gasteiger partial charge in [-0.3, -0.25) is 4.79 Å². The number of aromatic nitrogens is 1. The molecule has 2 heterocycles. The Morgan fingerprint density at radius 2 is 2.32 bits per heavy atom. The highest BCUT2D eigenvalue weighted by Crippen LogP contribution is 2.31. The van der Waals surface area contributed by atoms with Crippen molar-refractivity contribution in [2.75, 3.05) is 24.6 Å². The van der Waals surface area contributed by atoms with Crippen LogP contribution in [-0.4, -0.2) is 42.2 Å². The number of carbonyl (C=O) groups excluding carboxylic acids is 1. The van der Waals surface area contributed by atoms with Crippen LogP contribution in [-0.2, 0) is 16.1 Å². The molecule has 6 nitrogen and oxygen atoms in total. The molecule has 2 fully saturated rings. The SMILES string of the molecule is CC1CN(c2ccc(CNC(=O)C3CCCCC3(C)N)cn2)CCO1. The Morgan fingerprint density at radius 3 is 3.00 bits per heavy atom. The number of nitrogens with one attached hydrogen (secondary N) is 1. The van der Waals surface area contributed by atoms with Gasteiger partial charge < -0.3 is 20.7 Å². The van der Waals surface area contributed by atoms with Gasteiger partial charge >= 0.3 is 0 Å². The van der Waals surface area contributed by atoms with Crippen LogP contribution in [0.25, 0.3) is 0 Å². The lowest BCUT2D eigenvalue weighted by atomic mass is 9.74. The highest BCUT2D eigenvalue weighted by atomic mass is 16.5. The third-order valence-electron chi connectivity index (χ3n) is 5.41. The number of morpholine rings is 1. The summed E-state index contributed by atoms with van der Waals surface area (Å²) in [4.78, 5) is 19.3. The third-order valence-corrected chi connectivity index (χ3v) is 5.41. The zero-order valence-corrected chi connectivity index (χ0v) is 15.3. The number of hydrogen-bond acceptors (Lipinski definition) is 5. The second-order valence-electron chi connectivity index (χ2n) is 7.67. The number of nitrogens with two attached hydrogens (primary N) is 1. The van der Waals surface area contributed by atoms with E-state index in [1.807, 2.05) is 25.3 Å². The summed E-state index contributed by atoms with van der Waals surface area (Å²) in [5, 5.41) is 3.04. The molecule has 1 aliphatic heterocycles. The summed E-state index contributed by atoms with van der Waals surface area (Å²) in [6.45, 7) is 7.03. The molecule has 3 atom stereocenters. The van der Waals surface area contributed by atoms with E-state index in [-0.39, 0.29) is 17.9 Å². The summed E-state index contributed by atoms with van der Waals surface area (Å²) < 4.78 is 5.57. The number of amides is 1. The Kier molecular flexibility index (Phi) is 5.59. The first-order chi connectivity index (χ1) is 12.0. The van der Waals surface area contributed by atoms with Crippen molar-refractivity contribution in [3.63, 3.8) is 0 Å². The van der Waals surface area contributed by atoms with Crippen molar-refractivity contribution in [1.82, 2.24) is 10.3 Å². The van der Waals surface area contributed by atoms with Crippen LogP contribution in [0.3, 0.4) is 0 Å². The minimum absolute atomic E-state index is 0.0655. The van der Waals surface area contributed by atoms with Gasteiger partial charge in [-0.05, 0) is 38.3 Å². The van der Waals surface area contributed by atoms with Gasteiger partial charge in [-0.15, -0.1) is 0 Å². The molecular weight excluding hydrogens is 316 g/mol. The lowest BCUT2D eigenvalue weighted by Crippen LogP contribution is -2.52. The lowest BCUT2D eigenvalue weighted by molar-refractivity contribution is -0.128. The van der Waals surface area contributed by atoms with E-state index in [4.69, 9.17) is 10.5 Å². The number of carbonyl (C=O) groups is 1. The molecule has 0 radical (unpaired) electrons. The first-order valence-electron chi connectivity index (χ1n) is 9.34. The van der Waals surface area contributed by atoms with Gasteiger partial charge in [0.25, 0.3) is 0 Å². The first kappa shape index (κ1) is 18.1.